The van der Waals surface area contributed by atoms with Crippen molar-refractivity contribution in [2.75, 3.05) is 13.7 Å². The van der Waals surface area contributed by atoms with Crippen molar-refractivity contribution < 1.29 is 14.6 Å². The first-order valence-corrected chi connectivity index (χ1v) is 7.01. The second-order valence-electron chi connectivity index (χ2n) is 4.39. The van der Waals surface area contributed by atoms with E-state index in [1.807, 2.05) is 25.5 Å². The van der Waals surface area contributed by atoms with Gasteiger partial charge in [-0.05, 0) is 39.2 Å². The molecule has 20 heavy (non-hydrogen) atoms. The number of hydrogen-bond donors (Lipinski definition) is 1. The molecule has 0 radical (unpaired) electrons. The van der Waals surface area contributed by atoms with E-state index in [0.717, 1.165) is 22.0 Å². The number of methoxy groups -OCH3 is 1. The third-order valence-corrected chi connectivity index (χ3v) is 3.46. The highest BCUT2D eigenvalue weighted by Crippen LogP contribution is 2.36. The maximum Gasteiger partial charge on any atom is 0.175 e. The molecule has 0 amide bonds. The molecular weight excluding hydrogens is 324 g/mol. The van der Waals surface area contributed by atoms with Crippen LogP contribution >= 0.6 is 15.9 Å². The molecule has 1 N–H and O–H groups in total. The van der Waals surface area contributed by atoms with Crippen LogP contribution < -0.4 is 9.47 Å². The van der Waals surface area contributed by atoms with E-state index in [9.17, 15) is 5.11 Å². The van der Waals surface area contributed by atoms with Crippen molar-refractivity contribution in [3.8, 4) is 11.5 Å². The number of aliphatic hydroxyl groups excluding tert-OH is 1. The van der Waals surface area contributed by atoms with Crippen molar-refractivity contribution >= 4 is 15.9 Å². The van der Waals surface area contributed by atoms with Crippen LogP contribution in [0.1, 0.15) is 11.1 Å². The number of hydrogen-bond acceptors (Lipinski definition) is 4. The Labute approximate surface area is 126 Å². The molecule has 2 rings (SSSR count). The highest BCUT2D eigenvalue weighted by Gasteiger charge is 2.11. The zero-order chi connectivity index (χ0) is 14.5. The summed E-state index contributed by atoms with van der Waals surface area (Å²) in [6.45, 7) is 0.490. The van der Waals surface area contributed by atoms with Crippen LogP contribution in [-0.2, 0) is 20.1 Å². The van der Waals surface area contributed by atoms with Gasteiger partial charge in [0.05, 0.1) is 31.0 Å². The summed E-state index contributed by atoms with van der Waals surface area (Å²) in [5.74, 6) is 1.25. The number of rotatable bonds is 6. The summed E-state index contributed by atoms with van der Waals surface area (Å²) in [5.41, 5.74) is 1.89. The smallest absolute Gasteiger partial charge is 0.175 e. The quantitative estimate of drug-likeness (QED) is 0.876. The Morgan fingerprint density at radius 2 is 2.15 bits per heavy atom. The van der Waals surface area contributed by atoms with Crippen LogP contribution in [0.25, 0.3) is 0 Å². The first-order valence-electron chi connectivity index (χ1n) is 6.21. The number of aliphatic hydroxyl groups is 1. The van der Waals surface area contributed by atoms with Crippen LogP contribution in [0.4, 0.5) is 0 Å². The maximum absolute atomic E-state index is 9.17. The van der Waals surface area contributed by atoms with Crippen LogP contribution in [0.5, 0.6) is 11.5 Å². The summed E-state index contributed by atoms with van der Waals surface area (Å²) in [7, 11) is 3.47. The minimum atomic E-state index is -0.0368. The fourth-order valence-corrected chi connectivity index (χ4v) is 2.48. The highest BCUT2D eigenvalue weighted by atomic mass is 79.9. The second-order valence-corrected chi connectivity index (χ2v) is 5.24. The molecule has 1 heterocycles. The molecule has 0 unspecified atom stereocenters. The maximum atomic E-state index is 9.17. The lowest BCUT2D eigenvalue weighted by atomic mass is 10.2. The molecule has 0 bridgehead atoms. The zero-order valence-corrected chi connectivity index (χ0v) is 13.1. The molecule has 0 saturated heterocycles. The van der Waals surface area contributed by atoms with Gasteiger partial charge in [0, 0.05) is 19.7 Å². The van der Waals surface area contributed by atoms with Gasteiger partial charge in [-0.2, -0.15) is 5.10 Å². The van der Waals surface area contributed by atoms with Crippen LogP contribution in [-0.4, -0.2) is 28.6 Å². The number of aryl methyl sites for hydroxylation is 1. The predicted octanol–water partition coefficient (Wildman–Crippen LogP) is 2.30. The Morgan fingerprint density at radius 3 is 2.75 bits per heavy atom. The van der Waals surface area contributed by atoms with E-state index >= 15 is 0 Å². The third-order valence-electron chi connectivity index (χ3n) is 2.87. The van der Waals surface area contributed by atoms with Crippen molar-refractivity contribution in [2.24, 2.45) is 7.05 Å². The molecule has 2 aromatic rings. The van der Waals surface area contributed by atoms with E-state index in [2.05, 4.69) is 21.0 Å². The van der Waals surface area contributed by atoms with E-state index in [1.165, 1.54) is 0 Å². The average Bonchev–Trinajstić information content (AvgIpc) is 2.85. The normalized spacial score (nSPS) is 10.6. The first-order chi connectivity index (χ1) is 9.63. The van der Waals surface area contributed by atoms with E-state index in [0.29, 0.717) is 18.1 Å². The number of aromatic nitrogens is 2. The van der Waals surface area contributed by atoms with Crippen molar-refractivity contribution in [3.05, 3.63) is 40.1 Å². The Kier molecular flexibility index (Phi) is 5.03. The monoisotopic (exact) mass is 340 g/mol. The summed E-state index contributed by atoms with van der Waals surface area (Å²) in [4.78, 5) is 0. The molecule has 6 heteroatoms. The van der Waals surface area contributed by atoms with Gasteiger partial charge in [0.15, 0.2) is 11.5 Å². The summed E-state index contributed by atoms with van der Waals surface area (Å²) in [5, 5.41) is 13.3. The summed E-state index contributed by atoms with van der Waals surface area (Å²) in [6, 6.07) is 3.59. The average molecular weight is 341 g/mol. The highest BCUT2D eigenvalue weighted by molar-refractivity contribution is 9.10. The number of nitrogens with zero attached hydrogens (tertiary/aromatic N) is 2. The zero-order valence-electron chi connectivity index (χ0n) is 11.5. The Bertz CT molecular complexity index is 584. The minimum Gasteiger partial charge on any atom is -0.493 e. The Morgan fingerprint density at radius 1 is 1.35 bits per heavy atom. The van der Waals surface area contributed by atoms with Crippen LogP contribution in [0.15, 0.2) is 29.0 Å². The number of benzene rings is 1. The van der Waals surface area contributed by atoms with Crippen molar-refractivity contribution in [1.82, 2.24) is 9.78 Å². The van der Waals surface area contributed by atoms with Gasteiger partial charge in [-0.15, -0.1) is 0 Å². The summed E-state index contributed by atoms with van der Waals surface area (Å²) < 4.78 is 13.6. The Balaban J connectivity index is 2.05. The minimum absolute atomic E-state index is 0.0368. The van der Waals surface area contributed by atoms with Gasteiger partial charge in [-0.25, -0.2) is 0 Å². The SMILES string of the molecule is COc1cc(CO)cc(Br)c1OCCc1cnn(C)c1. The van der Waals surface area contributed by atoms with Gasteiger partial charge in [0.1, 0.15) is 0 Å². The van der Waals surface area contributed by atoms with Crippen molar-refractivity contribution in [3.63, 3.8) is 0 Å². The fraction of sp³-hybridized carbons (Fsp3) is 0.357. The molecular formula is C14H17BrN2O3. The van der Waals surface area contributed by atoms with Crippen LogP contribution in [0.2, 0.25) is 0 Å². The second kappa shape index (κ2) is 6.76. The fourth-order valence-electron chi connectivity index (χ4n) is 1.88. The first kappa shape index (κ1) is 14.9. The molecule has 0 atom stereocenters. The molecule has 0 aliphatic heterocycles. The molecule has 1 aromatic carbocycles. The van der Waals surface area contributed by atoms with E-state index in [-0.39, 0.29) is 6.61 Å². The third kappa shape index (κ3) is 3.52. The number of halogens is 1. The molecule has 0 aliphatic carbocycles. The van der Waals surface area contributed by atoms with Gasteiger partial charge in [-0.3, -0.25) is 4.68 Å². The molecule has 0 aliphatic rings. The molecule has 5 nitrogen and oxygen atoms in total. The molecule has 108 valence electrons. The predicted molar refractivity (Wildman–Crippen MR) is 79.0 cm³/mol. The van der Waals surface area contributed by atoms with Crippen LogP contribution in [0, 0.1) is 0 Å². The van der Waals surface area contributed by atoms with E-state index in [4.69, 9.17) is 9.47 Å². The van der Waals surface area contributed by atoms with Crippen molar-refractivity contribution in [1.29, 1.82) is 0 Å². The van der Waals surface area contributed by atoms with E-state index < -0.39 is 0 Å². The van der Waals surface area contributed by atoms with Crippen LogP contribution in [0.3, 0.4) is 0 Å². The van der Waals surface area contributed by atoms with Gasteiger partial charge in [0.2, 0.25) is 0 Å². The lowest BCUT2D eigenvalue weighted by molar-refractivity contribution is 0.277. The molecule has 1 aromatic heterocycles. The summed E-state index contributed by atoms with van der Waals surface area (Å²) >= 11 is 3.44. The van der Waals surface area contributed by atoms with Gasteiger partial charge in [0.25, 0.3) is 0 Å². The lowest BCUT2D eigenvalue weighted by Gasteiger charge is -2.13. The van der Waals surface area contributed by atoms with Gasteiger partial charge < -0.3 is 14.6 Å². The number of ether oxygens (including phenoxy) is 2. The Hall–Kier alpha value is -1.53. The van der Waals surface area contributed by atoms with E-state index in [1.54, 1.807) is 17.9 Å². The molecule has 0 fully saturated rings. The summed E-state index contributed by atoms with van der Waals surface area (Å²) in [6.07, 6.45) is 4.56. The molecule has 0 spiro atoms. The van der Waals surface area contributed by atoms with Gasteiger partial charge in [-0.1, -0.05) is 0 Å². The molecule has 0 saturated carbocycles. The topological polar surface area (TPSA) is 56.5 Å². The van der Waals surface area contributed by atoms with Crippen molar-refractivity contribution in [2.45, 2.75) is 13.0 Å². The van der Waals surface area contributed by atoms with Gasteiger partial charge >= 0.3 is 0 Å². The largest absolute Gasteiger partial charge is 0.493 e. The lowest BCUT2D eigenvalue weighted by Crippen LogP contribution is -2.03. The standard InChI is InChI=1S/C14H17BrN2O3/c1-17-8-10(7-16-17)3-4-20-14-12(15)5-11(9-18)6-13(14)19-2/h5-8,18H,3-4,9H2,1-2H3.